The van der Waals surface area contributed by atoms with E-state index in [4.69, 9.17) is 10.5 Å². The van der Waals surface area contributed by atoms with Crippen molar-refractivity contribution >= 4 is 11.9 Å². The van der Waals surface area contributed by atoms with Gasteiger partial charge in [0.25, 0.3) is 5.60 Å². The third-order valence-corrected chi connectivity index (χ3v) is 5.24. The summed E-state index contributed by atoms with van der Waals surface area (Å²) in [6, 6.07) is 14.4. The summed E-state index contributed by atoms with van der Waals surface area (Å²) < 4.78 is 5.32. The Bertz CT molecular complexity index is 849. The van der Waals surface area contributed by atoms with Crippen LogP contribution in [0.25, 0.3) is 11.1 Å². The van der Waals surface area contributed by atoms with Gasteiger partial charge in [0.15, 0.2) is 0 Å². The molecule has 1 aliphatic rings. The maximum Gasteiger partial charge on any atom is 0.351 e. The minimum Gasteiger partial charge on any atom is -0.479 e. The van der Waals surface area contributed by atoms with Gasteiger partial charge in [0.05, 0.1) is 6.04 Å². The first-order chi connectivity index (χ1) is 13.3. The number of ether oxygens (including phenoxy) is 1. The van der Waals surface area contributed by atoms with E-state index in [1.54, 1.807) is 0 Å². The van der Waals surface area contributed by atoms with E-state index in [0.29, 0.717) is 0 Å². The Morgan fingerprint density at radius 2 is 1.57 bits per heavy atom. The highest BCUT2D eigenvalue weighted by atomic mass is 16.6. The maximum absolute atomic E-state index is 12.6. The molecule has 0 radical (unpaired) electrons. The number of esters is 1. The number of benzene rings is 2. The lowest BCUT2D eigenvalue weighted by atomic mass is 9.88. The normalized spacial score (nSPS) is 16.2. The molecule has 0 fully saturated rings. The summed E-state index contributed by atoms with van der Waals surface area (Å²) in [6.45, 7) is 3.59. The molecule has 2 atom stereocenters. The van der Waals surface area contributed by atoms with Crippen LogP contribution in [0.5, 0.6) is 0 Å². The largest absolute Gasteiger partial charge is 0.479 e. The number of nitrogens with two attached hydrogens (primary N) is 1. The van der Waals surface area contributed by atoms with E-state index in [9.17, 15) is 19.8 Å². The smallest absolute Gasteiger partial charge is 0.351 e. The average Bonchev–Trinajstić information content (AvgIpc) is 2.98. The number of hydrogen-bond donors (Lipinski definition) is 3. The van der Waals surface area contributed by atoms with Gasteiger partial charge in [0.1, 0.15) is 6.61 Å². The second kappa shape index (κ2) is 7.73. The molecule has 148 valence electrons. The van der Waals surface area contributed by atoms with Crippen LogP contribution in [0.3, 0.4) is 0 Å². The molecule has 0 aromatic heterocycles. The number of carboxylic acid groups (broad SMARTS) is 1. The number of carboxylic acids is 1. The first-order valence-electron chi connectivity index (χ1n) is 9.33. The lowest BCUT2D eigenvalue weighted by Crippen LogP contribution is -2.60. The Balaban J connectivity index is 1.83. The van der Waals surface area contributed by atoms with Crippen LogP contribution in [0.2, 0.25) is 0 Å². The highest BCUT2D eigenvalue weighted by Crippen LogP contribution is 2.44. The van der Waals surface area contributed by atoms with E-state index < -0.39 is 23.6 Å². The Kier molecular flexibility index (Phi) is 5.54. The van der Waals surface area contributed by atoms with Crippen molar-refractivity contribution in [2.45, 2.75) is 37.8 Å². The molecule has 0 saturated carbocycles. The van der Waals surface area contributed by atoms with Crippen LogP contribution in [0.15, 0.2) is 48.5 Å². The van der Waals surface area contributed by atoms with E-state index in [1.165, 1.54) is 0 Å². The van der Waals surface area contributed by atoms with Crippen LogP contribution in [-0.2, 0) is 14.3 Å². The van der Waals surface area contributed by atoms with Crippen LogP contribution >= 0.6 is 0 Å². The van der Waals surface area contributed by atoms with Crippen LogP contribution in [0.4, 0.5) is 0 Å². The number of aliphatic carboxylic acids is 1. The van der Waals surface area contributed by atoms with Gasteiger partial charge < -0.3 is 20.7 Å². The zero-order valence-corrected chi connectivity index (χ0v) is 16.0. The lowest BCUT2D eigenvalue weighted by Gasteiger charge is -2.29. The minimum absolute atomic E-state index is 0.0160. The summed E-state index contributed by atoms with van der Waals surface area (Å²) in [4.78, 5) is 24.2. The monoisotopic (exact) mass is 383 g/mol. The predicted molar refractivity (Wildman–Crippen MR) is 105 cm³/mol. The van der Waals surface area contributed by atoms with Crippen molar-refractivity contribution in [2.24, 2.45) is 11.7 Å². The molecule has 2 aromatic carbocycles. The highest BCUT2D eigenvalue weighted by Gasteiger charge is 2.51. The molecule has 0 bridgehead atoms. The fourth-order valence-corrected chi connectivity index (χ4v) is 3.78. The Labute approximate surface area is 163 Å². The second-order valence-corrected chi connectivity index (χ2v) is 7.63. The molecule has 0 amide bonds. The number of hydrogen-bond acceptors (Lipinski definition) is 5. The topological polar surface area (TPSA) is 110 Å². The molecule has 0 saturated heterocycles. The first kappa shape index (κ1) is 20.0. The van der Waals surface area contributed by atoms with Gasteiger partial charge in [-0.2, -0.15) is 0 Å². The fourth-order valence-electron chi connectivity index (χ4n) is 3.78. The van der Waals surface area contributed by atoms with Gasteiger partial charge in [-0.1, -0.05) is 62.4 Å². The van der Waals surface area contributed by atoms with Gasteiger partial charge >= 0.3 is 11.9 Å². The summed E-state index contributed by atoms with van der Waals surface area (Å²) >= 11 is 0. The van der Waals surface area contributed by atoms with Crippen molar-refractivity contribution in [1.29, 1.82) is 0 Å². The quantitative estimate of drug-likeness (QED) is 0.501. The summed E-state index contributed by atoms with van der Waals surface area (Å²) in [7, 11) is 0. The molecule has 6 heteroatoms. The summed E-state index contributed by atoms with van der Waals surface area (Å²) in [5.41, 5.74) is 7.21. The molecule has 0 aliphatic heterocycles. The van der Waals surface area contributed by atoms with Gasteiger partial charge in [0.2, 0.25) is 0 Å². The first-order valence-corrected chi connectivity index (χ1v) is 9.33. The standard InChI is InChI=1S/C22H25NO5/c1-13(2)11-19(23)22(27,20(24)25)21(26)28-12-18-16-9-5-3-7-14(16)15-8-4-6-10-17(15)18/h3-10,13,18-19,27H,11-12,23H2,1-2H3,(H,24,25). The molecular formula is C22H25NO5. The number of aliphatic hydroxyl groups is 1. The van der Waals surface area contributed by atoms with Gasteiger partial charge in [-0.05, 0) is 34.6 Å². The van der Waals surface area contributed by atoms with Crippen LogP contribution in [-0.4, -0.2) is 40.4 Å². The summed E-state index contributed by atoms with van der Waals surface area (Å²) in [6.07, 6.45) is 0.174. The molecule has 2 unspecified atom stereocenters. The fraction of sp³-hybridized carbons (Fsp3) is 0.364. The molecule has 6 nitrogen and oxygen atoms in total. The zero-order chi connectivity index (χ0) is 20.5. The van der Waals surface area contributed by atoms with Crippen molar-refractivity contribution in [3.63, 3.8) is 0 Å². The predicted octanol–water partition coefficient (Wildman–Crippen LogP) is 2.53. The SMILES string of the molecule is CC(C)CC(N)C(O)(C(=O)O)C(=O)OCC1c2ccccc2-c2ccccc21. The average molecular weight is 383 g/mol. The van der Waals surface area contributed by atoms with E-state index >= 15 is 0 Å². The van der Waals surface area contributed by atoms with Crippen LogP contribution in [0, 0.1) is 5.92 Å². The van der Waals surface area contributed by atoms with Crippen molar-refractivity contribution in [1.82, 2.24) is 0 Å². The van der Waals surface area contributed by atoms with Crippen LogP contribution in [0.1, 0.15) is 37.3 Å². The lowest BCUT2D eigenvalue weighted by molar-refractivity contribution is -0.183. The Morgan fingerprint density at radius 1 is 1.07 bits per heavy atom. The molecule has 2 aromatic rings. The van der Waals surface area contributed by atoms with Gasteiger partial charge in [-0.25, -0.2) is 9.59 Å². The Morgan fingerprint density at radius 3 is 2.04 bits per heavy atom. The van der Waals surface area contributed by atoms with E-state index in [0.717, 1.165) is 22.3 Å². The molecule has 0 spiro atoms. The number of carbonyl (C=O) groups is 2. The third-order valence-electron chi connectivity index (χ3n) is 5.24. The van der Waals surface area contributed by atoms with Crippen molar-refractivity contribution in [2.75, 3.05) is 6.61 Å². The highest BCUT2D eigenvalue weighted by molar-refractivity contribution is 6.03. The maximum atomic E-state index is 12.6. The van der Waals surface area contributed by atoms with E-state index in [2.05, 4.69) is 0 Å². The second-order valence-electron chi connectivity index (χ2n) is 7.63. The Hall–Kier alpha value is -2.70. The van der Waals surface area contributed by atoms with Crippen molar-refractivity contribution in [3.05, 3.63) is 59.7 Å². The number of fused-ring (bicyclic) bond motifs is 3. The molecule has 28 heavy (non-hydrogen) atoms. The molecule has 0 heterocycles. The minimum atomic E-state index is -2.78. The number of carbonyl (C=O) groups excluding carboxylic acids is 1. The number of rotatable bonds is 7. The van der Waals surface area contributed by atoms with Gasteiger partial charge in [0, 0.05) is 5.92 Å². The summed E-state index contributed by atoms with van der Waals surface area (Å²) in [5, 5.41) is 20.0. The summed E-state index contributed by atoms with van der Waals surface area (Å²) in [5.74, 6) is -3.13. The molecule has 4 N–H and O–H groups in total. The van der Waals surface area contributed by atoms with Crippen molar-refractivity contribution < 1.29 is 24.5 Å². The zero-order valence-electron chi connectivity index (χ0n) is 16.0. The van der Waals surface area contributed by atoms with Gasteiger partial charge in [-0.3, -0.25) is 0 Å². The van der Waals surface area contributed by atoms with E-state index in [-0.39, 0.29) is 24.9 Å². The van der Waals surface area contributed by atoms with Crippen LogP contribution < -0.4 is 5.73 Å². The van der Waals surface area contributed by atoms with Crippen molar-refractivity contribution in [3.8, 4) is 11.1 Å². The third kappa shape index (κ3) is 3.41. The molecule has 3 rings (SSSR count). The van der Waals surface area contributed by atoms with E-state index in [1.807, 2.05) is 62.4 Å². The molecule has 1 aliphatic carbocycles. The molecular weight excluding hydrogens is 358 g/mol. The van der Waals surface area contributed by atoms with Gasteiger partial charge in [-0.15, -0.1) is 0 Å².